The first-order valence-corrected chi connectivity index (χ1v) is 8.94. The van der Waals surface area contributed by atoms with E-state index in [0.29, 0.717) is 5.75 Å². The Morgan fingerprint density at radius 2 is 2.12 bits per heavy atom. The van der Waals surface area contributed by atoms with Gasteiger partial charge >= 0.3 is 0 Å². The molecule has 2 aromatic carbocycles. The van der Waals surface area contributed by atoms with Gasteiger partial charge in [0.15, 0.2) is 6.61 Å². The summed E-state index contributed by atoms with van der Waals surface area (Å²) in [5.74, 6) is 0.254. The minimum atomic E-state index is -0.344. The van der Waals surface area contributed by atoms with Gasteiger partial charge in [0.05, 0.1) is 10.7 Å². The molecule has 0 spiro atoms. The molecular weight excluding hydrogens is 450 g/mol. The molecule has 0 bridgehead atoms. The monoisotopic (exact) mass is 461 g/mol. The van der Waals surface area contributed by atoms with E-state index in [1.165, 1.54) is 6.21 Å². The molecule has 0 saturated heterocycles. The zero-order chi connectivity index (χ0) is 17.6. The summed E-state index contributed by atoms with van der Waals surface area (Å²) in [6, 6.07) is 13.4. The molecule has 0 saturated carbocycles. The number of fused-ring (bicyclic) bond motifs is 1. The molecule has 0 aliphatic heterocycles. The van der Waals surface area contributed by atoms with Crippen molar-refractivity contribution in [3.8, 4) is 5.75 Å². The van der Waals surface area contributed by atoms with Gasteiger partial charge in [0.25, 0.3) is 5.91 Å². The topological polar surface area (TPSA) is 63.6 Å². The molecule has 1 heterocycles. The van der Waals surface area contributed by atoms with E-state index in [0.717, 1.165) is 25.3 Å². The fourth-order valence-electron chi connectivity index (χ4n) is 2.16. The molecule has 0 atom stereocenters. The molecule has 3 aromatic rings. The van der Waals surface area contributed by atoms with Gasteiger partial charge in [0.1, 0.15) is 5.75 Å². The van der Waals surface area contributed by atoms with E-state index < -0.39 is 0 Å². The van der Waals surface area contributed by atoms with Crippen LogP contribution in [-0.4, -0.2) is 23.7 Å². The molecule has 5 nitrogen and oxygen atoms in total. The van der Waals surface area contributed by atoms with Gasteiger partial charge in [0.2, 0.25) is 0 Å². The van der Waals surface area contributed by atoms with Crippen molar-refractivity contribution in [3.63, 3.8) is 0 Å². The molecule has 3 rings (SSSR count). The van der Waals surface area contributed by atoms with Crippen LogP contribution in [0.1, 0.15) is 5.56 Å². The summed E-state index contributed by atoms with van der Waals surface area (Å²) in [7, 11) is 0. The average Bonchev–Trinajstić information content (AvgIpc) is 2.62. The fourth-order valence-corrected chi connectivity index (χ4v) is 3.15. The van der Waals surface area contributed by atoms with Gasteiger partial charge in [-0.1, -0.05) is 34.1 Å². The molecule has 0 unspecified atom stereocenters. The van der Waals surface area contributed by atoms with Crippen molar-refractivity contribution in [1.29, 1.82) is 0 Å². The molecule has 0 aliphatic carbocycles. The Hall–Kier alpha value is -2.25. The lowest BCUT2D eigenvalue weighted by Gasteiger charge is -2.10. The number of nitrogens with one attached hydrogen (secondary N) is 1. The van der Waals surface area contributed by atoms with Crippen LogP contribution < -0.4 is 10.2 Å². The summed E-state index contributed by atoms with van der Waals surface area (Å²) < 4.78 is 7.40. The molecule has 0 radical (unpaired) electrons. The number of carbonyl (C=O) groups is 1. The summed E-state index contributed by atoms with van der Waals surface area (Å²) in [5, 5.41) is 5.95. The number of ether oxygens (including phenoxy) is 1. The number of benzene rings is 2. The Kier molecular flexibility index (Phi) is 5.78. The lowest BCUT2D eigenvalue weighted by atomic mass is 10.1. The number of pyridine rings is 1. The Balaban J connectivity index is 1.60. The molecule has 1 N–H and O–H groups in total. The van der Waals surface area contributed by atoms with Crippen LogP contribution in [0.15, 0.2) is 68.9 Å². The Bertz CT molecular complexity index is 930. The minimum absolute atomic E-state index is 0.134. The summed E-state index contributed by atoms with van der Waals surface area (Å²) in [5.41, 5.74) is 3.22. The normalized spacial score (nSPS) is 11.0. The van der Waals surface area contributed by atoms with Crippen LogP contribution in [0.25, 0.3) is 10.8 Å². The van der Waals surface area contributed by atoms with Crippen LogP contribution in [0.4, 0.5) is 0 Å². The Morgan fingerprint density at radius 1 is 1.24 bits per heavy atom. The smallest absolute Gasteiger partial charge is 0.277 e. The number of hydrogen-bond acceptors (Lipinski definition) is 4. The lowest BCUT2D eigenvalue weighted by Crippen LogP contribution is -2.24. The molecule has 0 fully saturated rings. The molecule has 126 valence electrons. The number of halogens is 2. The van der Waals surface area contributed by atoms with Gasteiger partial charge in [-0.25, -0.2) is 5.43 Å². The van der Waals surface area contributed by atoms with Crippen molar-refractivity contribution >= 4 is 54.8 Å². The quantitative estimate of drug-likeness (QED) is 0.454. The van der Waals surface area contributed by atoms with Gasteiger partial charge in [-0.05, 0) is 51.0 Å². The van der Waals surface area contributed by atoms with Gasteiger partial charge in [-0.3, -0.25) is 9.78 Å². The van der Waals surface area contributed by atoms with Crippen LogP contribution in [0.5, 0.6) is 5.75 Å². The third-order valence-electron chi connectivity index (χ3n) is 3.33. The zero-order valence-electron chi connectivity index (χ0n) is 12.9. The van der Waals surface area contributed by atoms with Crippen LogP contribution in [0.2, 0.25) is 0 Å². The molecule has 0 aliphatic rings. The van der Waals surface area contributed by atoms with Crippen molar-refractivity contribution in [2.45, 2.75) is 0 Å². The van der Waals surface area contributed by atoms with E-state index in [1.807, 2.05) is 36.4 Å². The third-order valence-corrected chi connectivity index (χ3v) is 4.64. The highest BCUT2D eigenvalue weighted by atomic mass is 79.9. The van der Waals surface area contributed by atoms with Gasteiger partial charge in [-0.2, -0.15) is 5.10 Å². The zero-order valence-corrected chi connectivity index (χ0v) is 16.1. The fraction of sp³-hybridized carbons (Fsp3) is 0.0556. The van der Waals surface area contributed by atoms with Crippen LogP contribution in [-0.2, 0) is 4.79 Å². The van der Waals surface area contributed by atoms with Crippen molar-refractivity contribution in [1.82, 2.24) is 10.4 Å². The Morgan fingerprint density at radius 3 is 2.92 bits per heavy atom. The highest BCUT2D eigenvalue weighted by molar-refractivity contribution is 9.11. The summed E-state index contributed by atoms with van der Waals surface area (Å²) >= 11 is 6.98. The number of rotatable bonds is 5. The van der Waals surface area contributed by atoms with E-state index in [1.54, 1.807) is 18.5 Å². The maximum Gasteiger partial charge on any atom is 0.277 e. The molecule has 25 heavy (non-hydrogen) atoms. The first kappa shape index (κ1) is 17.6. The van der Waals surface area contributed by atoms with Gasteiger partial charge < -0.3 is 4.74 Å². The third kappa shape index (κ3) is 4.64. The van der Waals surface area contributed by atoms with Gasteiger partial charge in [0, 0.05) is 22.4 Å². The molecule has 7 heteroatoms. The summed E-state index contributed by atoms with van der Waals surface area (Å²) in [6.07, 6.45) is 4.84. The average molecular weight is 463 g/mol. The minimum Gasteiger partial charge on any atom is -0.483 e. The van der Waals surface area contributed by atoms with E-state index in [2.05, 4.69) is 47.4 Å². The predicted molar refractivity (Wildman–Crippen MR) is 105 cm³/mol. The molecular formula is C18H13Br2N3O2. The number of carbonyl (C=O) groups excluding carboxylic acids is 1. The number of nitrogens with zero attached hydrogens (tertiary/aromatic N) is 2. The SMILES string of the molecule is O=C(COc1ccc2cc(Br)ccc2c1Br)N/N=C/c1cccnc1. The first-order valence-electron chi connectivity index (χ1n) is 7.36. The number of amides is 1. The first-order chi connectivity index (χ1) is 12.1. The van der Waals surface area contributed by atoms with E-state index >= 15 is 0 Å². The number of aromatic nitrogens is 1. The van der Waals surface area contributed by atoms with E-state index in [-0.39, 0.29) is 12.5 Å². The number of hydrazone groups is 1. The van der Waals surface area contributed by atoms with Crippen molar-refractivity contribution in [2.75, 3.05) is 6.61 Å². The second-order valence-corrected chi connectivity index (χ2v) is 6.82. The highest BCUT2D eigenvalue weighted by Crippen LogP contribution is 2.34. The van der Waals surface area contributed by atoms with Crippen molar-refractivity contribution in [2.24, 2.45) is 5.10 Å². The summed E-state index contributed by atoms with van der Waals surface area (Å²) in [6.45, 7) is -0.134. The Labute approximate surface area is 161 Å². The van der Waals surface area contributed by atoms with E-state index in [4.69, 9.17) is 4.74 Å². The van der Waals surface area contributed by atoms with Crippen molar-refractivity contribution in [3.05, 3.63) is 69.4 Å². The van der Waals surface area contributed by atoms with Crippen LogP contribution in [0.3, 0.4) is 0 Å². The molecule has 1 amide bonds. The lowest BCUT2D eigenvalue weighted by molar-refractivity contribution is -0.123. The maximum absolute atomic E-state index is 11.8. The largest absolute Gasteiger partial charge is 0.483 e. The van der Waals surface area contributed by atoms with E-state index in [9.17, 15) is 4.79 Å². The van der Waals surface area contributed by atoms with Crippen LogP contribution >= 0.6 is 31.9 Å². The highest BCUT2D eigenvalue weighted by Gasteiger charge is 2.08. The second kappa shape index (κ2) is 8.22. The van der Waals surface area contributed by atoms with Gasteiger partial charge in [-0.15, -0.1) is 0 Å². The van der Waals surface area contributed by atoms with Crippen LogP contribution in [0, 0.1) is 0 Å². The molecule has 1 aromatic heterocycles. The van der Waals surface area contributed by atoms with Crippen molar-refractivity contribution < 1.29 is 9.53 Å². The second-order valence-electron chi connectivity index (χ2n) is 5.11. The summed E-state index contributed by atoms with van der Waals surface area (Å²) in [4.78, 5) is 15.8. The maximum atomic E-state index is 11.8. The number of hydrogen-bond donors (Lipinski definition) is 1. The standard InChI is InChI=1S/C18H13Br2N3O2/c19-14-4-5-15-13(8-14)3-6-16(18(15)20)25-11-17(24)23-22-10-12-2-1-7-21-9-12/h1-10H,11H2,(H,23,24)/b22-10+. The predicted octanol–water partition coefficient (Wildman–Crippen LogP) is 4.29.